The van der Waals surface area contributed by atoms with E-state index in [0.29, 0.717) is 21.9 Å². The van der Waals surface area contributed by atoms with Gasteiger partial charge in [0.15, 0.2) is 0 Å². The summed E-state index contributed by atoms with van der Waals surface area (Å²) in [7, 11) is 0. The quantitative estimate of drug-likeness (QED) is 0.484. The minimum Gasteiger partial charge on any atom is -0.508 e. The molecule has 0 aliphatic rings. The number of hydrogen-bond acceptors (Lipinski definition) is 5. The van der Waals surface area contributed by atoms with E-state index >= 15 is 0 Å². The van der Waals surface area contributed by atoms with E-state index in [1.165, 1.54) is 29.7 Å². The molecular formula is C20H18ClN3O2S. The minimum absolute atomic E-state index is 0.00756. The van der Waals surface area contributed by atoms with Crippen LogP contribution in [-0.4, -0.2) is 27.6 Å². The molecule has 0 fully saturated rings. The molecule has 0 aliphatic carbocycles. The Morgan fingerprint density at radius 2 is 1.96 bits per heavy atom. The van der Waals surface area contributed by atoms with Gasteiger partial charge >= 0.3 is 0 Å². The van der Waals surface area contributed by atoms with Crippen molar-refractivity contribution in [1.29, 1.82) is 0 Å². The fraction of sp³-hybridized carbons (Fsp3) is 0.100. The number of phenolic OH excluding ortho intramolecular Hbond substituents is 2. The Kier molecular flexibility index (Phi) is 5.78. The first-order valence-electron chi connectivity index (χ1n) is 8.12. The first kappa shape index (κ1) is 18.9. The Hall–Kier alpha value is -2.83. The number of nitrogens with zero attached hydrogens (tertiary/aromatic N) is 3. The van der Waals surface area contributed by atoms with E-state index in [4.69, 9.17) is 11.6 Å². The van der Waals surface area contributed by atoms with Crippen LogP contribution in [0.3, 0.4) is 0 Å². The van der Waals surface area contributed by atoms with E-state index in [9.17, 15) is 10.2 Å². The maximum atomic E-state index is 9.97. The third kappa shape index (κ3) is 4.67. The van der Waals surface area contributed by atoms with Crippen LogP contribution < -0.4 is 4.80 Å². The maximum Gasteiger partial charge on any atom is 0.206 e. The summed E-state index contributed by atoms with van der Waals surface area (Å²) in [4.78, 5) is 5.26. The first-order chi connectivity index (χ1) is 12.9. The van der Waals surface area contributed by atoms with E-state index in [2.05, 4.69) is 16.7 Å². The smallest absolute Gasteiger partial charge is 0.206 e. The van der Waals surface area contributed by atoms with Gasteiger partial charge in [-0.2, -0.15) is 5.10 Å². The number of phenols is 2. The van der Waals surface area contributed by atoms with Gasteiger partial charge in [-0.25, -0.2) is 4.68 Å². The topological polar surface area (TPSA) is 70.1 Å². The van der Waals surface area contributed by atoms with Gasteiger partial charge in [0.1, 0.15) is 11.5 Å². The zero-order chi connectivity index (χ0) is 19.4. The highest BCUT2D eigenvalue weighted by Gasteiger charge is 2.08. The number of halogens is 1. The molecule has 0 saturated heterocycles. The van der Waals surface area contributed by atoms with Crippen molar-refractivity contribution in [3.05, 3.63) is 75.4 Å². The fourth-order valence-corrected chi connectivity index (χ4v) is 3.27. The van der Waals surface area contributed by atoms with E-state index in [1.54, 1.807) is 10.7 Å². The fourth-order valence-electron chi connectivity index (χ4n) is 2.30. The average Bonchev–Trinajstić information content (AvgIpc) is 3.03. The largest absolute Gasteiger partial charge is 0.508 e. The average molecular weight is 400 g/mol. The van der Waals surface area contributed by atoms with Crippen LogP contribution in [0.4, 0.5) is 0 Å². The Morgan fingerprint density at radius 3 is 2.63 bits per heavy atom. The third-order valence-electron chi connectivity index (χ3n) is 3.64. The molecule has 1 heterocycles. The standard InChI is InChI=1S/C20H18ClN3O2S/c1-13(2)10-22-20-24(23-11-15-5-8-17(25)9-19(15)26)18(12-27-20)14-3-6-16(21)7-4-14/h3-9,11-12,25-26H,1,10H2,2H3. The zero-order valence-electron chi connectivity index (χ0n) is 14.6. The molecule has 5 nitrogen and oxygen atoms in total. The van der Waals surface area contributed by atoms with Crippen molar-refractivity contribution < 1.29 is 10.2 Å². The Labute approximate surface area is 165 Å². The van der Waals surface area contributed by atoms with Crippen LogP contribution in [0.5, 0.6) is 11.5 Å². The molecule has 2 aromatic carbocycles. The van der Waals surface area contributed by atoms with Crippen LogP contribution in [0.25, 0.3) is 11.3 Å². The molecule has 1 aromatic heterocycles. The van der Waals surface area contributed by atoms with Gasteiger partial charge in [-0.3, -0.25) is 4.99 Å². The van der Waals surface area contributed by atoms with Gasteiger partial charge in [-0.1, -0.05) is 35.9 Å². The van der Waals surface area contributed by atoms with Crippen LogP contribution in [0.2, 0.25) is 5.02 Å². The summed E-state index contributed by atoms with van der Waals surface area (Å²) in [6, 6.07) is 11.8. The van der Waals surface area contributed by atoms with E-state index < -0.39 is 0 Å². The summed E-state index contributed by atoms with van der Waals surface area (Å²) in [6.07, 6.45) is 1.53. The monoisotopic (exact) mass is 399 g/mol. The van der Waals surface area contributed by atoms with Gasteiger partial charge in [0.05, 0.1) is 18.5 Å². The lowest BCUT2D eigenvalue weighted by molar-refractivity contribution is 0.450. The summed E-state index contributed by atoms with van der Waals surface area (Å²) >= 11 is 7.45. The summed E-state index contributed by atoms with van der Waals surface area (Å²) < 4.78 is 1.71. The predicted molar refractivity (Wildman–Crippen MR) is 111 cm³/mol. The molecule has 27 heavy (non-hydrogen) atoms. The maximum absolute atomic E-state index is 9.97. The SMILES string of the molecule is C=C(C)CN=c1scc(-c2ccc(Cl)cc2)n1N=Cc1ccc(O)cc1O. The van der Waals surface area contributed by atoms with Crippen LogP contribution in [-0.2, 0) is 0 Å². The molecule has 0 saturated carbocycles. The van der Waals surface area contributed by atoms with Crippen LogP contribution >= 0.6 is 22.9 Å². The van der Waals surface area contributed by atoms with Crippen molar-refractivity contribution in [2.75, 3.05) is 6.54 Å². The predicted octanol–water partition coefficient (Wildman–Crippen LogP) is 4.64. The van der Waals surface area contributed by atoms with Crippen molar-refractivity contribution in [2.24, 2.45) is 10.1 Å². The van der Waals surface area contributed by atoms with Crippen molar-refractivity contribution in [2.45, 2.75) is 6.92 Å². The lowest BCUT2D eigenvalue weighted by atomic mass is 10.2. The Balaban J connectivity index is 2.08. The number of aromatic hydroxyl groups is 2. The van der Waals surface area contributed by atoms with E-state index in [-0.39, 0.29) is 11.5 Å². The molecule has 138 valence electrons. The molecular weight excluding hydrogens is 382 g/mol. The summed E-state index contributed by atoms with van der Waals surface area (Å²) in [5.74, 6) is -0.0603. The van der Waals surface area contributed by atoms with E-state index in [0.717, 1.165) is 16.8 Å². The zero-order valence-corrected chi connectivity index (χ0v) is 16.2. The number of benzene rings is 2. The van der Waals surface area contributed by atoms with Crippen molar-refractivity contribution in [1.82, 2.24) is 4.68 Å². The number of aromatic nitrogens is 1. The second kappa shape index (κ2) is 8.24. The van der Waals surface area contributed by atoms with Crippen LogP contribution in [0.15, 0.2) is 70.1 Å². The Bertz CT molecular complexity index is 1070. The molecule has 0 bridgehead atoms. The second-order valence-electron chi connectivity index (χ2n) is 5.98. The Morgan fingerprint density at radius 1 is 1.22 bits per heavy atom. The molecule has 0 spiro atoms. The van der Waals surface area contributed by atoms with Gasteiger partial charge in [0.2, 0.25) is 4.80 Å². The summed E-state index contributed by atoms with van der Waals surface area (Å²) in [5, 5.41) is 26.5. The van der Waals surface area contributed by atoms with Gasteiger partial charge in [-0.05, 0) is 31.2 Å². The van der Waals surface area contributed by atoms with E-state index in [1.807, 2.05) is 36.6 Å². The minimum atomic E-state index is -0.0527. The highest BCUT2D eigenvalue weighted by Crippen LogP contribution is 2.23. The molecule has 7 heteroatoms. The molecule has 0 unspecified atom stereocenters. The first-order valence-corrected chi connectivity index (χ1v) is 9.37. The van der Waals surface area contributed by atoms with Gasteiger partial charge in [0.25, 0.3) is 0 Å². The third-order valence-corrected chi connectivity index (χ3v) is 4.74. The number of hydrogen-bond donors (Lipinski definition) is 2. The highest BCUT2D eigenvalue weighted by atomic mass is 35.5. The normalized spacial score (nSPS) is 12.0. The lowest BCUT2D eigenvalue weighted by Gasteiger charge is -2.05. The van der Waals surface area contributed by atoms with Crippen molar-refractivity contribution in [3.8, 4) is 22.8 Å². The molecule has 0 amide bonds. The second-order valence-corrected chi connectivity index (χ2v) is 7.26. The molecule has 0 aliphatic heterocycles. The summed E-state index contributed by atoms with van der Waals surface area (Å²) in [5.41, 5.74) is 3.23. The summed E-state index contributed by atoms with van der Waals surface area (Å²) in [6.45, 7) is 6.30. The molecule has 3 rings (SSSR count). The lowest BCUT2D eigenvalue weighted by Crippen LogP contribution is -2.13. The molecule has 0 radical (unpaired) electrons. The highest BCUT2D eigenvalue weighted by molar-refractivity contribution is 7.07. The van der Waals surface area contributed by atoms with Crippen molar-refractivity contribution >= 4 is 29.2 Å². The molecule has 3 aromatic rings. The van der Waals surface area contributed by atoms with Crippen molar-refractivity contribution in [3.63, 3.8) is 0 Å². The van der Waals surface area contributed by atoms with Crippen LogP contribution in [0, 0.1) is 0 Å². The number of thiazole rings is 1. The molecule has 0 atom stereocenters. The van der Waals surface area contributed by atoms with Gasteiger partial charge < -0.3 is 10.2 Å². The van der Waals surface area contributed by atoms with Crippen LogP contribution in [0.1, 0.15) is 12.5 Å². The number of rotatable bonds is 5. The van der Waals surface area contributed by atoms with Gasteiger partial charge in [0, 0.05) is 27.6 Å². The molecule has 2 N–H and O–H groups in total. The van der Waals surface area contributed by atoms with Gasteiger partial charge in [-0.15, -0.1) is 11.3 Å².